The monoisotopic (exact) mass is 238 g/mol. The average Bonchev–Trinajstić information content (AvgIpc) is 2.34. The third kappa shape index (κ3) is 4.71. The van der Waals surface area contributed by atoms with Crippen molar-refractivity contribution < 1.29 is 9.84 Å². The van der Waals surface area contributed by atoms with Crippen molar-refractivity contribution in [3.05, 3.63) is 23.9 Å². The summed E-state index contributed by atoms with van der Waals surface area (Å²) >= 11 is 0. The van der Waals surface area contributed by atoms with Crippen molar-refractivity contribution >= 4 is 0 Å². The molecule has 0 radical (unpaired) electrons. The van der Waals surface area contributed by atoms with E-state index in [4.69, 9.17) is 9.84 Å². The Labute approximate surface area is 103 Å². The van der Waals surface area contributed by atoms with Gasteiger partial charge in [0.05, 0.1) is 12.8 Å². The molecule has 0 aliphatic rings. The number of methoxy groups -OCH3 is 1. The highest BCUT2D eigenvalue weighted by Gasteiger charge is 2.10. The molecule has 1 aromatic heterocycles. The van der Waals surface area contributed by atoms with E-state index in [1.54, 1.807) is 7.11 Å². The van der Waals surface area contributed by atoms with Gasteiger partial charge in [-0.05, 0) is 26.3 Å². The topological polar surface area (TPSA) is 45.6 Å². The van der Waals surface area contributed by atoms with E-state index < -0.39 is 0 Å². The van der Waals surface area contributed by atoms with Crippen LogP contribution < -0.4 is 4.74 Å². The van der Waals surface area contributed by atoms with E-state index in [9.17, 15) is 0 Å². The van der Waals surface area contributed by atoms with Crippen LogP contribution in [0.15, 0.2) is 18.2 Å². The van der Waals surface area contributed by atoms with Crippen molar-refractivity contribution in [2.75, 3.05) is 20.3 Å². The molecule has 0 aliphatic heterocycles. The lowest BCUT2D eigenvalue weighted by atomic mass is 10.2. The standard InChI is InChI=1S/C13H22N2O2/c1-11(2)15(8-5-9-16)10-12-6-4-7-13(14-12)17-3/h4,6-7,11,16H,5,8-10H2,1-3H3. The summed E-state index contributed by atoms with van der Waals surface area (Å²) in [6.45, 7) is 6.20. The number of pyridine rings is 1. The average molecular weight is 238 g/mol. The van der Waals surface area contributed by atoms with Gasteiger partial charge in [0.2, 0.25) is 5.88 Å². The van der Waals surface area contributed by atoms with Gasteiger partial charge in [0.15, 0.2) is 0 Å². The molecule has 1 aromatic rings. The number of aliphatic hydroxyl groups is 1. The van der Waals surface area contributed by atoms with Crippen molar-refractivity contribution in [3.8, 4) is 5.88 Å². The zero-order valence-electron chi connectivity index (χ0n) is 10.9. The van der Waals surface area contributed by atoms with Crippen LogP contribution in [0.5, 0.6) is 5.88 Å². The van der Waals surface area contributed by atoms with Crippen LogP contribution in [0.3, 0.4) is 0 Å². The lowest BCUT2D eigenvalue weighted by Crippen LogP contribution is -2.32. The minimum Gasteiger partial charge on any atom is -0.481 e. The molecule has 4 heteroatoms. The van der Waals surface area contributed by atoms with Crippen LogP contribution in [0, 0.1) is 0 Å². The third-order valence-electron chi connectivity index (χ3n) is 2.69. The maximum absolute atomic E-state index is 8.88. The first-order chi connectivity index (χ1) is 8.17. The van der Waals surface area contributed by atoms with Gasteiger partial charge in [0.25, 0.3) is 0 Å². The summed E-state index contributed by atoms with van der Waals surface area (Å²) in [6.07, 6.45) is 0.794. The molecule has 1 heterocycles. The highest BCUT2D eigenvalue weighted by Crippen LogP contribution is 2.11. The fourth-order valence-corrected chi connectivity index (χ4v) is 1.66. The number of ether oxygens (including phenoxy) is 1. The summed E-state index contributed by atoms with van der Waals surface area (Å²) < 4.78 is 5.11. The highest BCUT2D eigenvalue weighted by atomic mass is 16.5. The zero-order chi connectivity index (χ0) is 12.7. The molecule has 4 nitrogen and oxygen atoms in total. The van der Waals surface area contributed by atoms with Crippen LogP contribution in [0.1, 0.15) is 26.0 Å². The van der Waals surface area contributed by atoms with Crippen LogP contribution in [0.25, 0.3) is 0 Å². The van der Waals surface area contributed by atoms with Gasteiger partial charge in [-0.2, -0.15) is 0 Å². The Morgan fingerprint density at radius 1 is 1.41 bits per heavy atom. The van der Waals surface area contributed by atoms with Crippen molar-refractivity contribution in [1.82, 2.24) is 9.88 Å². The van der Waals surface area contributed by atoms with Crippen molar-refractivity contribution in [3.63, 3.8) is 0 Å². The lowest BCUT2D eigenvalue weighted by Gasteiger charge is -2.25. The van der Waals surface area contributed by atoms with Gasteiger partial charge in [-0.3, -0.25) is 4.90 Å². The number of rotatable bonds is 7. The molecule has 1 rings (SSSR count). The summed E-state index contributed by atoms with van der Waals surface area (Å²) in [4.78, 5) is 6.68. The van der Waals surface area contributed by atoms with E-state index >= 15 is 0 Å². The highest BCUT2D eigenvalue weighted by molar-refractivity contribution is 5.15. The van der Waals surface area contributed by atoms with Crippen LogP contribution in [-0.4, -0.2) is 41.3 Å². The van der Waals surface area contributed by atoms with E-state index in [1.165, 1.54) is 0 Å². The Morgan fingerprint density at radius 3 is 2.76 bits per heavy atom. The predicted octanol–water partition coefficient (Wildman–Crippen LogP) is 1.68. The quantitative estimate of drug-likeness (QED) is 0.785. The molecular weight excluding hydrogens is 216 g/mol. The zero-order valence-corrected chi connectivity index (χ0v) is 10.9. The summed E-state index contributed by atoms with van der Waals surface area (Å²) in [5.74, 6) is 0.647. The normalized spacial score (nSPS) is 11.2. The molecule has 0 spiro atoms. The summed E-state index contributed by atoms with van der Waals surface area (Å²) in [6, 6.07) is 6.23. The Hall–Kier alpha value is -1.13. The Kier molecular flexibility index (Phi) is 5.94. The summed E-state index contributed by atoms with van der Waals surface area (Å²) in [7, 11) is 1.62. The molecule has 0 aromatic carbocycles. The van der Waals surface area contributed by atoms with Crippen molar-refractivity contribution in [2.45, 2.75) is 32.9 Å². The number of nitrogens with zero attached hydrogens (tertiary/aromatic N) is 2. The molecule has 0 saturated carbocycles. The molecule has 0 bridgehead atoms. The molecule has 0 unspecified atom stereocenters. The molecule has 1 N–H and O–H groups in total. The van der Waals surface area contributed by atoms with E-state index in [0.29, 0.717) is 11.9 Å². The molecule has 0 fully saturated rings. The van der Waals surface area contributed by atoms with Gasteiger partial charge < -0.3 is 9.84 Å². The first-order valence-corrected chi connectivity index (χ1v) is 6.02. The largest absolute Gasteiger partial charge is 0.481 e. The van der Waals surface area contributed by atoms with Crippen LogP contribution in [0.4, 0.5) is 0 Å². The van der Waals surface area contributed by atoms with Gasteiger partial charge in [-0.25, -0.2) is 4.98 Å². The van der Waals surface area contributed by atoms with Gasteiger partial charge >= 0.3 is 0 Å². The smallest absolute Gasteiger partial charge is 0.213 e. The Bertz CT molecular complexity index is 329. The van der Waals surface area contributed by atoms with E-state index in [-0.39, 0.29) is 6.61 Å². The lowest BCUT2D eigenvalue weighted by molar-refractivity contribution is 0.182. The van der Waals surface area contributed by atoms with E-state index in [2.05, 4.69) is 23.7 Å². The maximum atomic E-state index is 8.88. The third-order valence-corrected chi connectivity index (χ3v) is 2.69. The number of hydrogen-bond donors (Lipinski definition) is 1. The van der Waals surface area contributed by atoms with Gasteiger partial charge in [0, 0.05) is 31.8 Å². The first kappa shape index (κ1) is 13.9. The fraction of sp³-hybridized carbons (Fsp3) is 0.615. The Morgan fingerprint density at radius 2 is 2.18 bits per heavy atom. The number of aromatic nitrogens is 1. The van der Waals surface area contributed by atoms with Crippen LogP contribution in [-0.2, 0) is 6.54 Å². The summed E-state index contributed by atoms with van der Waals surface area (Å²) in [5, 5.41) is 8.88. The molecule has 96 valence electrons. The number of hydrogen-bond acceptors (Lipinski definition) is 4. The predicted molar refractivity (Wildman–Crippen MR) is 68.0 cm³/mol. The first-order valence-electron chi connectivity index (χ1n) is 6.02. The summed E-state index contributed by atoms with van der Waals surface area (Å²) in [5.41, 5.74) is 0.996. The second-order valence-corrected chi connectivity index (χ2v) is 4.31. The molecule has 0 atom stereocenters. The molecule has 0 amide bonds. The van der Waals surface area contributed by atoms with Gasteiger partial charge in [0.1, 0.15) is 0 Å². The SMILES string of the molecule is COc1cccc(CN(CCCO)C(C)C)n1. The molecule has 0 aliphatic carbocycles. The van der Waals surface area contributed by atoms with Gasteiger partial charge in [-0.1, -0.05) is 6.07 Å². The Balaban J connectivity index is 2.64. The van der Waals surface area contributed by atoms with E-state index in [1.807, 2.05) is 18.2 Å². The van der Waals surface area contributed by atoms with Crippen LogP contribution in [0.2, 0.25) is 0 Å². The van der Waals surface area contributed by atoms with Crippen LogP contribution >= 0.6 is 0 Å². The molecule has 0 saturated heterocycles. The second-order valence-electron chi connectivity index (χ2n) is 4.31. The van der Waals surface area contributed by atoms with E-state index in [0.717, 1.165) is 25.2 Å². The van der Waals surface area contributed by atoms with Crippen molar-refractivity contribution in [1.29, 1.82) is 0 Å². The minimum atomic E-state index is 0.231. The molecular formula is C13H22N2O2. The number of aliphatic hydroxyl groups excluding tert-OH is 1. The second kappa shape index (κ2) is 7.25. The van der Waals surface area contributed by atoms with Crippen molar-refractivity contribution in [2.24, 2.45) is 0 Å². The minimum absolute atomic E-state index is 0.231. The van der Waals surface area contributed by atoms with Gasteiger partial charge in [-0.15, -0.1) is 0 Å². The fourth-order valence-electron chi connectivity index (χ4n) is 1.66. The maximum Gasteiger partial charge on any atom is 0.213 e. The molecule has 17 heavy (non-hydrogen) atoms.